The van der Waals surface area contributed by atoms with Crippen LogP contribution in [0.1, 0.15) is 17.4 Å². The minimum Gasteiger partial charge on any atom is -0.497 e. The molecule has 0 saturated heterocycles. The van der Waals surface area contributed by atoms with Crippen LogP contribution in [0.2, 0.25) is 0 Å². The molecular weight excluding hydrogens is 346 g/mol. The van der Waals surface area contributed by atoms with Gasteiger partial charge in [0.1, 0.15) is 5.75 Å². The average Bonchev–Trinajstić information content (AvgIpc) is 2.69. The van der Waals surface area contributed by atoms with Crippen LogP contribution < -0.4 is 20.2 Å². The third-order valence-electron chi connectivity index (χ3n) is 3.75. The molecule has 0 spiro atoms. The van der Waals surface area contributed by atoms with Crippen LogP contribution in [-0.2, 0) is 0 Å². The monoisotopic (exact) mass is 365 g/mol. The number of para-hydroxylation sites is 1. The molecule has 0 aliphatic rings. The number of aromatic nitrogens is 2. The van der Waals surface area contributed by atoms with Crippen LogP contribution in [0.5, 0.6) is 11.6 Å². The summed E-state index contributed by atoms with van der Waals surface area (Å²) in [5.41, 5.74) is 0.469. The molecular formula is C20H19N3O4. The second-order valence-corrected chi connectivity index (χ2v) is 5.56. The maximum atomic E-state index is 12.5. The summed E-state index contributed by atoms with van der Waals surface area (Å²) in [4.78, 5) is 24.9. The number of hydrogen-bond acceptors (Lipinski definition) is 5. The molecule has 7 heteroatoms. The molecule has 0 atom stereocenters. The first-order valence-corrected chi connectivity index (χ1v) is 8.40. The van der Waals surface area contributed by atoms with Crippen molar-refractivity contribution in [2.75, 3.05) is 19.0 Å². The van der Waals surface area contributed by atoms with Crippen LogP contribution in [0.25, 0.3) is 5.69 Å². The Labute approximate surface area is 156 Å². The van der Waals surface area contributed by atoms with Gasteiger partial charge in [0.2, 0.25) is 11.3 Å². The lowest BCUT2D eigenvalue weighted by molar-refractivity contribution is 0.101. The van der Waals surface area contributed by atoms with Gasteiger partial charge in [-0.2, -0.15) is 5.10 Å². The van der Waals surface area contributed by atoms with Gasteiger partial charge in [-0.3, -0.25) is 9.59 Å². The fourth-order valence-corrected chi connectivity index (χ4v) is 2.47. The van der Waals surface area contributed by atoms with Gasteiger partial charge in [-0.05, 0) is 43.3 Å². The van der Waals surface area contributed by atoms with E-state index in [1.807, 2.05) is 6.07 Å². The Balaban J connectivity index is 2.02. The molecule has 138 valence electrons. The highest BCUT2D eigenvalue weighted by atomic mass is 16.5. The lowest BCUT2D eigenvalue weighted by atomic mass is 10.2. The van der Waals surface area contributed by atoms with Crippen molar-refractivity contribution in [1.82, 2.24) is 9.78 Å². The van der Waals surface area contributed by atoms with E-state index < -0.39 is 11.3 Å². The number of methoxy groups -OCH3 is 1. The molecule has 1 aromatic heterocycles. The predicted octanol–water partition coefficient (Wildman–Crippen LogP) is 2.89. The van der Waals surface area contributed by atoms with E-state index in [1.165, 1.54) is 10.7 Å². The first-order valence-electron chi connectivity index (χ1n) is 8.40. The van der Waals surface area contributed by atoms with Crippen molar-refractivity contribution in [2.24, 2.45) is 0 Å². The van der Waals surface area contributed by atoms with E-state index in [0.717, 1.165) is 0 Å². The number of benzene rings is 2. The van der Waals surface area contributed by atoms with Gasteiger partial charge in [-0.15, -0.1) is 0 Å². The Hall–Kier alpha value is -3.61. The molecule has 1 heterocycles. The molecule has 0 saturated carbocycles. The van der Waals surface area contributed by atoms with Gasteiger partial charge in [0.05, 0.1) is 25.5 Å². The van der Waals surface area contributed by atoms with E-state index >= 15 is 0 Å². The Morgan fingerprint density at radius 1 is 1.11 bits per heavy atom. The Morgan fingerprint density at radius 3 is 2.44 bits per heavy atom. The number of ether oxygens (including phenoxy) is 2. The number of carbonyl (C=O) groups is 1. The zero-order valence-electron chi connectivity index (χ0n) is 15.0. The van der Waals surface area contributed by atoms with Gasteiger partial charge in [-0.25, -0.2) is 4.68 Å². The predicted molar refractivity (Wildman–Crippen MR) is 102 cm³/mol. The molecule has 27 heavy (non-hydrogen) atoms. The Morgan fingerprint density at radius 2 is 1.81 bits per heavy atom. The van der Waals surface area contributed by atoms with Crippen molar-refractivity contribution in [1.29, 1.82) is 0 Å². The third-order valence-corrected chi connectivity index (χ3v) is 3.75. The van der Waals surface area contributed by atoms with Crippen LogP contribution in [0.3, 0.4) is 0 Å². The molecule has 3 rings (SSSR count). The van der Waals surface area contributed by atoms with Crippen LogP contribution >= 0.6 is 0 Å². The fraction of sp³-hybridized carbons (Fsp3) is 0.150. The van der Waals surface area contributed by atoms with Gasteiger partial charge in [0, 0.05) is 5.69 Å². The van der Waals surface area contributed by atoms with E-state index in [1.54, 1.807) is 62.6 Å². The normalized spacial score (nSPS) is 10.3. The summed E-state index contributed by atoms with van der Waals surface area (Å²) in [6, 6.07) is 17.2. The number of hydrogen-bond donors (Lipinski definition) is 1. The van der Waals surface area contributed by atoms with Crippen molar-refractivity contribution in [2.45, 2.75) is 6.92 Å². The van der Waals surface area contributed by atoms with Gasteiger partial charge < -0.3 is 14.8 Å². The van der Waals surface area contributed by atoms with E-state index in [2.05, 4.69) is 10.4 Å². The largest absolute Gasteiger partial charge is 0.497 e. The Bertz CT molecular complexity index is 982. The number of anilines is 1. The number of amides is 1. The highest BCUT2D eigenvalue weighted by molar-refractivity contribution is 6.02. The second kappa shape index (κ2) is 8.18. The average molecular weight is 365 g/mol. The molecule has 0 fully saturated rings. The van der Waals surface area contributed by atoms with Crippen LogP contribution in [0.15, 0.2) is 65.5 Å². The molecule has 0 radical (unpaired) electrons. The van der Waals surface area contributed by atoms with Crippen molar-refractivity contribution in [3.8, 4) is 17.3 Å². The zero-order valence-corrected chi connectivity index (χ0v) is 15.0. The number of nitrogens with zero attached hydrogens (tertiary/aromatic N) is 2. The lowest BCUT2D eigenvalue weighted by Crippen LogP contribution is -2.26. The van der Waals surface area contributed by atoms with Crippen LogP contribution in [0.4, 0.5) is 5.69 Å². The summed E-state index contributed by atoms with van der Waals surface area (Å²) >= 11 is 0. The third kappa shape index (κ3) is 4.14. The molecule has 0 unspecified atom stereocenters. The summed E-state index contributed by atoms with van der Waals surface area (Å²) in [5, 5.41) is 6.91. The molecule has 0 aliphatic carbocycles. The zero-order chi connectivity index (χ0) is 19.2. The lowest BCUT2D eigenvalue weighted by Gasteiger charge is -2.14. The fourth-order valence-electron chi connectivity index (χ4n) is 2.47. The van der Waals surface area contributed by atoms with Gasteiger partial charge in [-0.1, -0.05) is 18.2 Å². The van der Waals surface area contributed by atoms with E-state index in [-0.39, 0.29) is 11.6 Å². The second-order valence-electron chi connectivity index (χ2n) is 5.56. The molecule has 0 bridgehead atoms. The van der Waals surface area contributed by atoms with Gasteiger partial charge in [0.15, 0.2) is 5.69 Å². The quantitative estimate of drug-likeness (QED) is 0.726. The Kier molecular flexibility index (Phi) is 5.51. The molecule has 2 aromatic carbocycles. The molecule has 0 aliphatic heterocycles. The van der Waals surface area contributed by atoms with Crippen molar-refractivity contribution >= 4 is 11.6 Å². The smallest absolute Gasteiger partial charge is 0.280 e. The van der Waals surface area contributed by atoms with Gasteiger partial charge >= 0.3 is 0 Å². The summed E-state index contributed by atoms with van der Waals surface area (Å²) in [5.74, 6) is 0.347. The van der Waals surface area contributed by atoms with E-state index in [0.29, 0.717) is 23.7 Å². The summed E-state index contributed by atoms with van der Waals surface area (Å²) < 4.78 is 12.1. The van der Waals surface area contributed by atoms with E-state index in [9.17, 15) is 9.59 Å². The topological polar surface area (TPSA) is 82.5 Å². The first kappa shape index (κ1) is 18.2. The first-order chi connectivity index (χ1) is 13.1. The summed E-state index contributed by atoms with van der Waals surface area (Å²) in [7, 11) is 1.57. The highest BCUT2D eigenvalue weighted by Gasteiger charge is 2.17. The minimum atomic E-state index is -0.587. The minimum absolute atomic E-state index is 0.224. The summed E-state index contributed by atoms with van der Waals surface area (Å²) in [6.45, 7) is 2.16. The standard InChI is InChI=1S/C20H19N3O4/c1-3-27-18-13-17(24)19(20(25)21-14-7-5-4-6-8-14)22-23(18)15-9-11-16(26-2)12-10-15/h4-13H,3H2,1-2H3,(H,21,25). The van der Waals surface area contributed by atoms with Crippen molar-refractivity contribution < 1.29 is 14.3 Å². The van der Waals surface area contributed by atoms with Crippen molar-refractivity contribution in [3.63, 3.8) is 0 Å². The molecule has 7 nitrogen and oxygen atoms in total. The summed E-state index contributed by atoms with van der Waals surface area (Å²) in [6.07, 6.45) is 0. The van der Waals surface area contributed by atoms with Crippen LogP contribution in [-0.4, -0.2) is 29.4 Å². The van der Waals surface area contributed by atoms with Crippen molar-refractivity contribution in [3.05, 3.63) is 76.6 Å². The number of rotatable bonds is 6. The maximum Gasteiger partial charge on any atom is 0.280 e. The van der Waals surface area contributed by atoms with E-state index in [4.69, 9.17) is 9.47 Å². The number of nitrogens with one attached hydrogen (secondary N) is 1. The highest BCUT2D eigenvalue weighted by Crippen LogP contribution is 2.19. The molecule has 1 N–H and O–H groups in total. The molecule has 1 amide bonds. The number of carbonyl (C=O) groups excluding carboxylic acids is 1. The van der Waals surface area contributed by atoms with Crippen LogP contribution in [0, 0.1) is 0 Å². The van der Waals surface area contributed by atoms with Gasteiger partial charge in [0.25, 0.3) is 5.91 Å². The maximum absolute atomic E-state index is 12.5. The SMILES string of the molecule is CCOc1cc(=O)c(C(=O)Nc2ccccc2)nn1-c1ccc(OC)cc1. The molecule has 3 aromatic rings.